The lowest BCUT2D eigenvalue weighted by Crippen LogP contribution is -2.23. The monoisotopic (exact) mass is 439 g/mol. The summed E-state index contributed by atoms with van der Waals surface area (Å²) in [5.74, 6) is 2.19. The summed E-state index contributed by atoms with van der Waals surface area (Å²) in [4.78, 5) is 11.1. The van der Waals surface area contributed by atoms with E-state index in [1.165, 1.54) is 0 Å². The average molecular weight is 440 g/mol. The Balaban J connectivity index is 1.69. The molecule has 0 amide bonds. The molecule has 7 nitrogen and oxygen atoms in total. The number of benzene rings is 2. The summed E-state index contributed by atoms with van der Waals surface area (Å²) in [6.07, 6.45) is 0. The van der Waals surface area contributed by atoms with E-state index < -0.39 is 10.0 Å². The summed E-state index contributed by atoms with van der Waals surface area (Å²) in [6.45, 7) is 9.72. The highest BCUT2D eigenvalue weighted by atomic mass is 32.2. The predicted molar refractivity (Wildman–Crippen MR) is 127 cm³/mol. The van der Waals surface area contributed by atoms with Crippen molar-refractivity contribution >= 4 is 33.0 Å². The fourth-order valence-electron chi connectivity index (χ4n) is 3.33. The quantitative estimate of drug-likeness (QED) is 0.506. The van der Waals surface area contributed by atoms with Crippen LogP contribution in [-0.2, 0) is 15.8 Å². The number of sulfonamides is 1. The lowest BCUT2D eigenvalue weighted by molar-refractivity contribution is 0.600. The normalized spacial score (nSPS) is 11.2. The number of hydrogen-bond donors (Lipinski definition) is 2. The summed E-state index contributed by atoms with van der Waals surface area (Å²) in [5, 5.41) is 3.27. The van der Waals surface area contributed by atoms with E-state index in [0.29, 0.717) is 17.3 Å². The Labute approximate surface area is 184 Å². The van der Waals surface area contributed by atoms with Crippen molar-refractivity contribution in [3.8, 4) is 0 Å². The van der Waals surface area contributed by atoms with Gasteiger partial charge in [0, 0.05) is 30.5 Å². The number of aromatic nitrogens is 2. The van der Waals surface area contributed by atoms with E-state index in [2.05, 4.69) is 38.8 Å². The van der Waals surface area contributed by atoms with Crippen molar-refractivity contribution in [1.29, 1.82) is 0 Å². The Morgan fingerprint density at radius 2 is 1.58 bits per heavy atom. The molecular weight excluding hydrogens is 410 g/mol. The average Bonchev–Trinajstić information content (AvgIpc) is 2.69. The van der Waals surface area contributed by atoms with Gasteiger partial charge in [0.05, 0.1) is 5.75 Å². The second-order valence-electron chi connectivity index (χ2n) is 7.38. The van der Waals surface area contributed by atoms with E-state index in [0.717, 1.165) is 35.7 Å². The zero-order valence-electron chi connectivity index (χ0n) is 18.4. The minimum atomic E-state index is -3.50. The van der Waals surface area contributed by atoms with E-state index in [-0.39, 0.29) is 5.75 Å². The van der Waals surface area contributed by atoms with Crippen molar-refractivity contribution < 1.29 is 8.42 Å². The van der Waals surface area contributed by atoms with Crippen LogP contribution in [0.2, 0.25) is 0 Å². The summed E-state index contributed by atoms with van der Waals surface area (Å²) in [7, 11) is -3.50. The van der Waals surface area contributed by atoms with Gasteiger partial charge in [-0.2, -0.15) is 0 Å². The van der Waals surface area contributed by atoms with Gasteiger partial charge in [-0.1, -0.05) is 29.8 Å². The highest BCUT2D eigenvalue weighted by Crippen LogP contribution is 2.22. The van der Waals surface area contributed by atoms with Crippen LogP contribution in [0.4, 0.5) is 23.0 Å². The third-order valence-corrected chi connectivity index (χ3v) is 6.04. The van der Waals surface area contributed by atoms with Gasteiger partial charge in [0.2, 0.25) is 10.0 Å². The second kappa shape index (κ2) is 9.78. The van der Waals surface area contributed by atoms with Crippen molar-refractivity contribution in [3.63, 3.8) is 0 Å². The van der Waals surface area contributed by atoms with Crippen LogP contribution < -0.4 is 14.9 Å². The fraction of sp³-hybridized carbons (Fsp3) is 0.304. The standard InChI is InChI=1S/C23H29N5O2S/c1-5-28(6-2)23-15-22(24-18(4)25-23)26-20-10-12-21(13-11-20)27-31(29,30)16-19-9-7-8-17(3)14-19/h7-15,27H,5-6,16H2,1-4H3,(H,24,25,26). The van der Waals surface area contributed by atoms with Crippen LogP contribution in [-0.4, -0.2) is 31.5 Å². The van der Waals surface area contributed by atoms with E-state index in [1.54, 1.807) is 12.1 Å². The van der Waals surface area contributed by atoms with Gasteiger partial charge in [-0.25, -0.2) is 18.4 Å². The molecule has 0 aliphatic rings. The molecule has 3 rings (SSSR count). The molecule has 0 radical (unpaired) electrons. The molecule has 0 fully saturated rings. The first-order chi connectivity index (χ1) is 14.8. The molecule has 0 aliphatic carbocycles. The van der Waals surface area contributed by atoms with Crippen LogP contribution in [0, 0.1) is 13.8 Å². The molecule has 164 valence electrons. The van der Waals surface area contributed by atoms with Gasteiger partial charge in [0.15, 0.2) is 0 Å². The topological polar surface area (TPSA) is 87.2 Å². The summed E-state index contributed by atoms with van der Waals surface area (Å²) in [6, 6.07) is 16.5. The molecule has 31 heavy (non-hydrogen) atoms. The smallest absolute Gasteiger partial charge is 0.236 e. The number of nitrogens with zero attached hydrogens (tertiary/aromatic N) is 3. The third kappa shape index (κ3) is 6.42. The molecule has 0 aliphatic heterocycles. The van der Waals surface area contributed by atoms with Crippen LogP contribution >= 0.6 is 0 Å². The van der Waals surface area contributed by atoms with Crippen LogP contribution in [0.1, 0.15) is 30.8 Å². The molecular formula is C23H29N5O2S. The van der Waals surface area contributed by atoms with Crippen LogP contribution in [0.25, 0.3) is 0 Å². The maximum absolute atomic E-state index is 12.5. The second-order valence-corrected chi connectivity index (χ2v) is 9.11. The Kier molecular flexibility index (Phi) is 7.12. The molecule has 2 aromatic carbocycles. The molecule has 0 bridgehead atoms. The first-order valence-corrected chi connectivity index (χ1v) is 12.0. The first kappa shape index (κ1) is 22.6. The number of hydrogen-bond acceptors (Lipinski definition) is 6. The zero-order chi connectivity index (χ0) is 22.4. The molecule has 0 spiro atoms. The van der Waals surface area contributed by atoms with Crippen molar-refractivity contribution in [2.24, 2.45) is 0 Å². The minimum Gasteiger partial charge on any atom is -0.357 e. The SMILES string of the molecule is CCN(CC)c1cc(Nc2ccc(NS(=O)(=O)Cc3cccc(C)c3)cc2)nc(C)n1. The Morgan fingerprint density at radius 1 is 0.903 bits per heavy atom. The van der Waals surface area contributed by atoms with Crippen molar-refractivity contribution in [2.45, 2.75) is 33.4 Å². The van der Waals surface area contributed by atoms with Gasteiger partial charge < -0.3 is 10.2 Å². The summed E-state index contributed by atoms with van der Waals surface area (Å²) < 4.78 is 27.6. The Hall–Kier alpha value is -3.13. The molecule has 0 atom stereocenters. The van der Waals surface area contributed by atoms with Gasteiger partial charge in [0.1, 0.15) is 17.5 Å². The third-order valence-electron chi connectivity index (χ3n) is 4.78. The zero-order valence-corrected chi connectivity index (χ0v) is 19.2. The van der Waals surface area contributed by atoms with E-state index in [4.69, 9.17) is 0 Å². The first-order valence-electron chi connectivity index (χ1n) is 10.3. The number of anilines is 4. The van der Waals surface area contributed by atoms with Gasteiger partial charge in [0.25, 0.3) is 0 Å². The molecule has 1 heterocycles. The van der Waals surface area contributed by atoms with E-state index >= 15 is 0 Å². The highest BCUT2D eigenvalue weighted by Gasteiger charge is 2.12. The lowest BCUT2D eigenvalue weighted by Gasteiger charge is -2.20. The number of aryl methyl sites for hydroxylation is 2. The van der Waals surface area contributed by atoms with Crippen LogP contribution in [0.5, 0.6) is 0 Å². The molecule has 0 unspecified atom stereocenters. The molecule has 2 N–H and O–H groups in total. The number of nitrogens with one attached hydrogen (secondary N) is 2. The van der Waals surface area contributed by atoms with Crippen molar-refractivity contribution in [3.05, 3.63) is 71.5 Å². The van der Waals surface area contributed by atoms with Crippen molar-refractivity contribution in [2.75, 3.05) is 28.0 Å². The van der Waals surface area contributed by atoms with Gasteiger partial charge in [-0.15, -0.1) is 0 Å². The Morgan fingerprint density at radius 3 is 2.23 bits per heavy atom. The van der Waals surface area contributed by atoms with Crippen LogP contribution in [0.3, 0.4) is 0 Å². The van der Waals surface area contributed by atoms with Crippen LogP contribution in [0.15, 0.2) is 54.6 Å². The Bertz CT molecular complexity index is 1130. The van der Waals surface area contributed by atoms with Gasteiger partial charge >= 0.3 is 0 Å². The minimum absolute atomic E-state index is 0.0664. The summed E-state index contributed by atoms with van der Waals surface area (Å²) >= 11 is 0. The van der Waals surface area contributed by atoms with Crippen molar-refractivity contribution in [1.82, 2.24) is 9.97 Å². The summed E-state index contributed by atoms with van der Waals surface area (Å²) in [5.41, 5.74) is 3.12. The lowest BCUT2D eigenvalue weighted by atomic mass is 10.2. The maximum Gasteiger partial charge on any atom is 0.236 e. The van der Waals surface area contributed by atoms with E-state index in [9.17, 15) is 8.42 Å². The number of rotatable bonds is 9. The molecule has 8 heteroatoms. The fourth-order valence-corrected chi connectivity index (χ4v) is 4.52. The maximum atomic E-state index is 12.5. The van der Waals surface area contributed by atoms with E-state index in [1.807, 2.05) is 56.3 Å². The molecule has 0 saturated heterocycles. The molecule has 3 aromatic rings. The highest BCUT2D eigenvalue weighted by molar-refractivity contribution is 7.91. The molecule has 1 aromatic heterocycles. The molecule has 0 saturated carbocycles. The van der Waals surface area contributed by atoms with Gasteiger partial charge in [-0.05, 0) is 57.5 Å². The van der Waals surface area contributed by atoms with Gasteiger partial charge in [-0.3, -0.25) is 4.72 Å². The largest absolute Gasteiger partial charge is 0.357 e. The predicted octanol–water partition coefficient (Wildman–Crippen LogP) is 4.63.